The maximum Gasteiger partial charge on any atom is 0.429 e. The first-order valence-corrected chi connectivity index (χ1v) is 9.36. The highest BCUT2D eigenvalue weighted by atomic mass is 79.9. The Hall–Kier alpha value is -1.94. The molecule has 1 saturated carbocycles. The van der Waals surface area contributed by atoms with Crippen LogP contribution >= 0.6 is 15.9 Å². The Morgan fingerprint density at radius 2 is 1.56 bits per heavy atom. The van der Waals surface area contributed by atoms with E-state index in [9.17, 15) is 61.9 Å². The number of carbonyl (C=O) groups excluding carboxylic acids is 1. The van der Waals surface area contributed by atoms with E-state index >= 15 is 0 Å². The molecule has 34 heavy (non-hydrogen) atoms. The third-order valence-corrected chi connectivity index (χ3v) is 6.19. The maximum atomic E-state index is 14.2. The van der Waals surface area contributed by atoms with E-state index in [2.05, 4.69) is 9.47 Å². The normalized spacial score (nSPS) is 26.7. The molecule has 194 valence electrons. The molecular weight excluding hydrogens is 579 g/mol. The molecule has 4 unspecified atom stereocenters. The van der Waals surface area contributed by atoms with Crippen LogP contribution in [0.2, 0.25) is 0 Å². The summed E-state index contributed by atoms with van der Waals surface area (Å²) < 4.78 is 174. The lowest BCUT2D eigenvalue weighted by Gasteiger charge is -2.23. The van der Waals surface area contributed by atoms with Crippen molar-refractivity contribution in [3.05, 3.63) is 29.3 Å². The SMILES string of the molecule is CC1(C(F)(F)F)C(C(=O)OC(c2ccc(C(F)(F)F)c(OCC(F)(F)F)c2)C(F)(F)F)C1(F)Br. The number of benzene rings is 1. The van der Waals surface area contributed by atoms with Crippen molar-refractivity contribution in [2.45, 2.75) is 42.3 Å². The smallest absolute Gasteiger partial charge is 0.429 e. The van der Waals surface area contributed by atoms with Gasteiger partial charge >= 0.3 is 30.7 Å². The molecule has 1 aliphatic carbocycles. The molecule has 0 radical (unpaired) electrons. The van der Waals surface area contributed by atoms with Crippen LogP contribution in [0.1, 0.15) is 24.2 Å². The molecule has 0 spiro atoms. The summed E-state index contributed by atoms with van der Waals surface area (Å²) in [7, 11) is 0. The summed E-state index contributed by atoms with van der Waals surface area (Å²) >= 11 is 1.97. The Morgan fingerprint density at radius 1 is 1.03 bits per heavy atom. The Kier molecular flexibility index (Phi) is 6.93. The van der Waals surface area contributed by atoms with Crippen molar-refractivity contribution in [1.29, 1.82) is 0 Å². The summed E-state index contributed by atoms with van der Waals surface area (Å²) in [4.78, 5) is 12.0. The molecule has 0 N–H and O–H groups in total. The van der Waals surface area contributed by atoms with Crippen molar-refractivity contribution in [3.63, 3.8) is 0 Å². The minimum Gasteiger partial charge on any atom is -0.483 e. The number of halogens is 14. The zero-order valence-electron chi connectivity index (χ0n) is 16.1. The van der Waals surface area contributed by atoms with Gasteiger partial charge in [-0.3, -0.25) is 4.79 Å². The predicted octanol–water partition coefficient (Wildman–Crippen LogP) is 7.05. The molecular formula is C17H10BrF13O3. The number of esters is 1. The van der Waals surface area contributed by atoms with Crippen LogP contribution in [0.3, 0.4) is 0 Å². The minimum atomic E-state index is -5.68. The Labute approximate surface area is 189 Å². The molecule has 0 heterocycles. The zero-order chi connectivity index (χ0) is 26.7. The van der Waals surface area contributed by atoms with Crippen molar-refractivity contribution < 1.29 is 71.3 Å². The van der Waals surface area contributed by atoms with E-state index in [4.69, 9.17) is 0 Å². The van der Waals surface area contributed by atoms with E-state index in [1.807, 2.05) is 15.9 Å². The van der Waals surface area contributed by atoms with E-state index in [0.717, 1.165) is 0 Å². The standard InChI is InChI=1S/C17H10BrF13O3/c1-12(17(29,30)31)9(14(12,18)22)11(32)34-10(16(26,27)28)6-2-3-7(15(23,24)25)8(4-6)33-5-13(19,20)21/h2-4,9-10H,5H2,1H3. The molecule has 1 fully saturated rings. The molecule has 0 amide bonds. The Morgan fingerprint density at radius 3 is 1.94 bits per heavy atom. The molecule has 0 saturated heterocycles. The van der Waals surface area contributed by atoms with Crippen molar-refractivity contribution >= 4 is 21.9 Å². The predicted molar refractivity (Wildman–Crippen MR) is 88.3 cm³/mol. The Balaban J connectivity index is 2.46. The van der Waals surface area contributed by atoms with Gasteiger partial charge in [-0.15, -0.1) is 0 Å². The topological polar surface area (TPSA) is 35.5 Å². The van der Waals surface area contributed by atoms with Gasteiger partial charge in [0.1, 0.15) is 17.1 Å². The largest absolute Gasteiger partial charge is 0.483 e. The molecule has 1 aromatic rings. The highest BCUT2D eigenvalue weighted by molar-refractivity contribution is 9.10. The number of hydrogen-bond donors (Lipinski definition) is 0. The molecule has 1 aromatic carbocycles. The lowest BCUT2D eigenvalue weighted by Crippen LogP contribution is -2.31. The lowest BCUT2D eigenvalue weighted by atomic mass is 10.0. The first-order chi connectivity index (χ1) is 14.9. The fraction of sp³-hybridized carbons (Fsp3) is 0.588. The van der Waals surface area contributed by atoms with Gasteiger partial charge in [0.2, 0.25) is 6.10 Å². The van der Waals surface area contributed by atoms with Crippen LogP contribution in [-0.2, 0) is 15.7 Å². The molecule has 4 atom stereocenters. The quantitative estimate of drug-likeness (QED) is 0.210. The third-order valence-electron chi connectivity index (χ3n) is 4.91. The fourth-order valence-electron chi connectivity index (χ4n) is 2.99. The van der Waals surface area contributed by atoms with Crippen LogP contribution in [0.5, 0.6) is 5.75 Å². The van der Waals surface area contributed by atoms with Gasteiger partial charge in [0.15, 0.2) is 11.2 Å². The van der Waals surface area contributed by atoms with E-state index < -0.39 is 76.2 Å². The molecule has 1 aliphatic rings. The van der Waals surface area contributed by atoms with E-state index in [1.165, 1.54) is 0 Å². The number of hydrogen-bond acceptors (Lipinski definition) is 3. The van der Waals surface area contributed by atoms with Crippen LogP contribution in [0.15, 0.2) is 18.2 Å². The summed E-state index contributed by atoms with van der Waals surface area (Å²) in [6.07, 6.45) is -25.2. The van der Waals surface area contributed by atoms with Crippen molar-refractivity contribution in [1.82, 2.24) is 0 Å². The summed E-state index contributed by atoms with van der Waals surface area (Å²) in [5.41, 5.74) is -6.82. The van der Waals surface area contributed by atoms with E-state index in [0.29, 0.717) is 0 Å². The van der Waals surface area contributed by atoms with Gasteiger partial charge in [-0.25, -0.2) is 4.39 Å². The lowest BCUT2D eigenvalue weighted by molar-refractivity contribution is -0.228. The highest BCUT2D eigenvalue weighted by Gasteiger charge is 2.89. The van der Waals surface area contributed by atoms with Crippen LogP contribution in [0, 0.1) is 11.3 Å². The average Bonchev–Trinajstić information content (AvgIpc) is 3.09. The number of alkyl halides is 14. The number of rotatable bonds is 5. The summed E-state index contributed by atoms with van der Waals surface area (Å²) in [6.45, 7) is -2.16. The van der Waals surface area contributed by atoms with Gasteiger partial charge < -0.3 is 9.47 Å². The van der Waals surface area contributed by atoms with Gasteiger partial charge in [0.05, 0.1) is 5.56 Å². The average molecular weight is 589 g/mol. The zero-order valence-corrected chi connectivity index (χ0v) is 17.7. The second-order valence-corrected chi connectivity index (χ2v) is 8.43. The first kappa shape index (κ1) is 28.3. The number of ether oxygens (including phenoxy) is 2. The van der Waals surface area contributed by atoms with E-state index in [1.54, 1.807) is 0 Å². The van der Waals surface area contributed by atoms with Crippen LogP contribution in [0.25, 0.3) is 0 Å². The first-order valence-electron chi connectivity index (χ1n) is 8.57. The molecule has 0 aliphatic heterocycles. The van der Waals surface area contributed by atoms with Crippen LogP contribution < -0.4 is 4.74 Å². The summed E-state index contributed by atoms with van der Waals surface area (Å²) in [5.74, 6) is -6.89. The fourth-order valence-corrected chi connectivity index (χ4v) is 3.97. The van der Waals surface area contributed by atoms with Gasteiger partial charge in [-0.2, -0.15) is 52.7 Å². The molecule has 0 bridgehead atoms. The summed E-state index contributed by atoms with van der Waals surface area (Å²) in [6, 6.07) is -0.192. The van der Waals surface area contributed by atoms with Gasteiger partial charge in [-0.1, -0.05) is 6.07 Å². The van der Waals surface area contributed by atoms with Crippen molar-refractivity contribution in [2.75, 3.05) is 6.61 Å². The molecule has 0 aromatic heterocycles. The summed E-state index contributed by atoms with van der Waals surface area (Å²) in [5, 5.41) is 0. The monoisotopic (exact) mass is 588 g/mol. The second-order valence-electron chi connectivity index (χ2n) is 7.27. The van der Waals surface area contributed by atoms with Crippen molar-refractivity contribution in [2.24, 2.45) is 11.3 Å². The third kappa shape index (κ3) is 5.32. The molecule has 2 rings (SSSR count). The maximum absolute atomic E-state index is 14.2. The van der Waals surface area contributed by atoms with Crippen molar-refractivity contribution in [3.8, 4) is 5.75 Å². The van der Waals surface area contributed by atoms with Gasteiger partial charge in [0.25, 0.3) is 0 Å². The molecule has 17 heteroatoms. The Bertz CT molecular complexity index is 933. The molecule has 3 nitrogen and oxygen atoms in total. The number of carbonyl (C=O) groups is 1. The van der Waals surface area contributed by atoms with Gasteiger partial charge in [0, 0.05) is 5.56 Å². The minimum absolute atomic E-state index is 0.0708. The van der Waals surface area contributed by atoms with Gasteiger partial charge in [-0.05, 0) is 35.0 Å². The second kappa shape index (κ2) is 8.33. The highest BCUT2D eigenvalue weighted by Crippen LogP contribution is 2.75. The van der Waals surface area contributed by atoms with E-state index in [-0.39, 0.29) is 25.1 Å². The van der Waals surface area contributed by atoms with Crippen LogP contribution in [0.4, 0.5) is 57.1 Å². The van der Waals surface area contributed by atoms with Crippen LogP contribution in [-0.4, -0.2) is 35.7 Å².